The number of para-hydroxylation sites is 1. The molecule has 0 aliphatic rings. The van der Waals surface area contributed by atoms with Crippen molar-refractivity contribution in [2.75, 3.05) is 6.54 Å². The van der Waals surface area contributed by atoms with E-state index in [-0.39, 0.29) is 11.8 Å². The highest BCUT2D eigenvalue weighted by Gasteiger charge is 2.18. The summed E-state index contributed by atoms with van der Waals surface area (Å²) in [7, 11) is 0. The van der Waals surface area contributed by atoms with E-state index in [4.69, 9.17) is 4.52 Å². The monoisotopic (exact) mass is 311 g/mol. The van der Waals surface area contributed by atoms with Gasteiger partial charge in [0.25, 0.3) is 0 Å². The Morgan fingerprint density at radius 1 is 1.30 bits per heavy atom. The summed E-state index contributed by atoms with van der Waals surface area (Å²) in [6.45, 7) is 4.41. The van der Waals surface area contributed by atoms with E-state index in [0.29, 0.717) is 12.4 Å². The molecule has 1 amide bonds. The molecule has 0 unspecified atom stereocenters. The summed E-state index contributed by atoms with van der Waals surface area (Å²) in [5.41, 5.74) is 2.42. The highest BCUT2D eigenvalue weighted by molar-refractivity contribution is 5.89. The van der Waals surface area contributed by atoms with E-state index in [1.807, 2.05) is 50.4 Å². The Hall–Kier alpha value is -2.96. The van der Waals surface area contributed by atoms with Crippen molar-refractivity contribution in [1.29, 1.82) is 0 Å². The van der Waals surface area contributed by atoms with Crippen molar-refractivity contribution in [3.05, 3.63) is 48.1 Å². The fourth-order valence-electron chi connectivity index (χ4n) is 2.13. The van der Waals surface area contributed by atoms with Crippen LogP contribution in [0.1, 0.15) is 29.7 Å². The van der Waals surface area contributed by atoms with E-state index < -0.39 is 0 Å². The van der Waals surface area contributed by atoms with Gasteiger partial charge in [-0.05, 0) is 25.5 Å². The molecule has 3 aromatic rings. The van der Waals surface area contributed by atoms with Gasteiger partial charge in [-0.15, -0.1) is 0 Å². The number of rotatable bonds is 5. The van der Waals surface area contributed by atoms with Crippen LogP contribution in [-0.4, -0.2) is 32.4 Å². The van der Waals surface area contributed by atoms with Crippen molar-refractivity contribution in [2.45, 2.75) is 20.3 Å². The van der Waals surface area contributed by atoms with E-state index in [2.05, 4.69) is 20.6 Å². The Morgan fingerprint density at radius 2 is 2.09 bits per heavy atom. The van der Waals surface area contributed by atoms with E-state index in [0.717, 1.165) is 23.4 Å². The molecule has 1 aromatic carbocycles. The molecule has 0 fully saturated rings. The lowest BCUT2D eigenvalue weighted by atomic mass is 10.2. The van der Waals surface area contributed by atoms with Gasteiger partial charge in [0.2, 0.25) is 5.82 Å². The zero-order chi connectivity index (χ0) is 16.2. The normalized spacial score (nSPS) is 10.7. The molecule has 3 rings (SSSR count). The summed E-state index contributed by atoms with van der Waals surface area (Å²) < 4.78 is 6.79. The van der Waals surface area contributed by atoms with Gasteiger partial charge in [0.1, 0.15) is 0 Å². The maximum absolute atomic E-state index is 11.8. The van der Waals surface area contributed by atoms with E-state index in [9.17, 15) is 4.79 Å². The number of aryl methyl sites for hydroxylation is 1. The van der Waals surface area contributed by atoms with Gasteiger partial charge in [0, 0.05) is 12.7 Å². The van der Waals surface area contributed by atoms with Crippen LogP contribution in [0.4, 0.5) is 0 Å². The summed E-state index contributed by atoms with van der Waals surface area (Å²) in [6, 6.07) is 9.74. The Balaban J connectivity index is 1.87. The molecule has 7 heteroatoms. The van der Waals surface area contributed by atoms with Gasteiger partial charge in [0.15, 0.2) is 0 Å². The Bertz CT molecular complexity index is 807. The zero-order valence-corrected chi connectivity index (χ0v) is 13.0. The second kappa shape index (κ2) is 6.43. The quantitative estimate of drug-likeness (QED) is 0.782. The molecule has 1 N–H and O–H groups in total. The van der Waals surface area contributed by atoms with Crippen LogP contribution >= 0.6 is 0 Å². The van der Waals surface area contributed by atoms with E-state index in [1.54, 1.807) is 4.68 Å². The zero-order valence-electron chi connectivity index (χ0n) is 13.0. The SMILES string of the molecule is CCCNC(=O)c1nc(-c2cn(-c3ccccc3)nc2C)no1. The first kappa shape index (κ1) is 15.0. The largest absolute Gasteiger partial charge is 0.348 e. The maximum Gasteiger partial charge on any atom is 0.316 e. The van der Waals surface area contributed by atoms with Crippen LogP contribution in [0.25, 0.3) is 17.1 Å². The summed E-state index contributed by atoms with van der Waals surface area (Å²) in [4.78, 5) is 16.0. The number of aromatic nitrogens is 4. The number of nitrogens with zero attached hydrogens (tertiary/aromatic N) is 4. The van der Waals surface area contributed by atoms with Gasteiger partial charge in [-0.1, -0.05) is 30.3 Å². The molecule has 0 radical (unpaired) electrons. The lowest BCUT2D eigenvalue weighted by molar-refractivity contribution is 0.0910. The highest BCUT2D eigenvalue weighted by atomic mass is 16.5. The molecule has 2 aromatic heterocycles. The number of hydrogen-bond donors (Lipinski definition) is 1. The molecule has 7 nitrogen and oxygen atoms in total. The third-order valence-electron chi connectivity index (χ3n) is 3.32. The minimum atomic E-state index is -0.362. The molecule has 2 heterocycles. The fourth-order valence-corrected chi connectivity index (χ4v) is 2.13. The standard InChI is InChI=1S/C16H17N5O2/c1-3-9-17-15(22)16-18-14(20-23-16)13-10-21(19-11(13)2)12-7-5-4-6-8-12/h4-8,10H,3,9H2,1-2H3,(H,17,22). The van der Waals surface area contributed by atoms with Crippen LogP contribution in [0, 0.1) is 6.92 Å². The number of carbonyl (C=O) groups excluding carboxylic acids is 1. The average Bonchev–Trinajstić information content (AvgIpc) is 3.20. The van der Waals surface area contributed by atoms with Crippen LogP contribution in [0.5, 0.6) is 0 Å². The second-order valence-corrected chi connectivity index (χ2v) is 5.09. The Labute approximate surface area is 133 Å². The summed E-state index contributed by atoms with van der Waals surface area (Å²) in [5.74, 6) is -0.0506. The van der Waals surface area contributed by atoms with Crippen LogP contribution in [-0.2, 0) is 0 Å². The Morgan fingerprint density at radius 3 is 2.83 bits per heavy atom. The van der Waals surface area contributed by atoms with Gasteiger partial charge < -0.3 is 9.84 Å². The lowest BCUT2D eigenvalue weighted by Gasteiger charge is -1.98. The first-order chi connectivity index (χ1) is 11.2. The van der Waals surface area contributed by atoms with Crippen molar-refractivity contribution in [2.24, 2.45) is 0 Å². The van der Waals surface area contributed by atoms with Crippen LogP contribution in [0.15, 0.2) is 41.1 Å². The number of benzene rings is 1. The predicted octanol–water partition coefficient (Wildman–Crippen LogP) is 2.37. The average molecular weight is 311 g/mol. The number of hydrogen-bond acceptors (Lipinski definition) is 5. The molecule has 0 saturated carbocycles. The Kier molecular flexibility index (Phi) is 4.18. The van der Waals surface area contributed by atoms with Gasteiger partial charge in [0.05, 0.1) is 16.9 Å². The summed E-state index contributed by atoms with van der Waals surface area (Å²) in [6.07, 6.45) is 2.67. The fraction of sp³-hybridized carbons (Fsp3) is 0.250. The van der Waals surface area contributed by atoms with Crippen LogP contribution in [0.2, 0.25) is 0 Å². The first-order valence-electron chi connectivity index (χ1n) is 7.43. The van der Waals surface area contributed by atoms with Crippen LogP contribution < -0.4 is 5.32 Å². The molecule has 0 spiro atoms. The summed E-state index contributed by atoms with van der Waals surface area (Å²) in [5, 5.41) is 11.0. The molecule has 0 aliphatic carbocycles. The van der Waals surface area contributed by atoms with Gasteiger partial charge >= 0.3 is 11.8 Å². The molecule has 0 atom stereocenters. The van der Waals surface area contributed by atoms with Gasteiger partial charge in [-0.25, -0.2) is 4.68 Å². The van der Waals surface area contributed by atoms with Crippen molar-refractivity contribution >= 4 is 5.91 Å². The molecule has 0 bridgehead atoms. The molecular weight excluding hydrogens is 294 g/mol. The lowest BCUT2D eigenvalue weighted by Crippen LogP contribution is -2.24. The molecule has 118 valence electrons. The molecular formula is C16H17N5O2. The minimum Gasteiger partial charge on any atom is -0.348 e. The van der Waals surface area contributed by atoms with E-state index in [1.165, 1.54) is 0 Å². The third kappa shape index (κ3) is 3.13. The number of nitrogens with one attached hydrogen (secondary N) is 1. The summed E-state index contributed by atoms with van der Waals surface area (Å²) >= 11 is 0. The van der Waals surface area contributed by atoms with Gasteiger partial charge in [-0.2, -0.15) is 10.1 Å². The first-order valence-corrected chi connectivity index (χ1v) is 7.43. The maximum atomic E-state index is 11.8. The molecule has 23 heavy (non-hydrogen) atoms. The van der Waals surface area contributed by atoms with Crippen LogP contribution in [0.3, 0.4) is 0 Å². The van der Waals surface area contributed by atoms with Crippen molar-refractivity contribution in [3.63, 3.8) is 0 Å². The minimum absolute atomic E-state index is 0.0414. The second-order valence-electron chi connectivity index (χ2n) is 5.09. The van der Waals surface area contributed by atoms with Crippen molar-refractivity contribution in [3.8, 4) is 17.1 Å². The highest BCUT2D eigenvalue weighted by Crippen LogP contribution is 2.21. The van der Waals surface area contributed by atoms with Gasteiger partial charge in [-0.3, -0.25) is 4.79 Å². The van der Waals surface area contributed by atoms with Crippen molar-refractivity contribution in [1.82, 2.24) is 25.2 Å². The number of carbonyl (C=O) groups is 1. The smallest absolute Gasteiger partial charge is 0.316 e. The topological polar surface area (TPSA) is 85.8 Å². The van der Waals surface area contributed by atoms with E-state index >= 15 is 0 Å². The third-order valence-corrected chi connectivity index (χ3v) is 3.32. The van der Waals surface area contributed by atoms with Crippen molar-refractivity contribution < 1.29 is 9.32 Å². The number of amides is 1. The predicted molar refractivity (Wildman–Crippen MR) is 84.2 cm³/mol. The molecule has 0 aliphatic heterocycles. The molecule has 0 saturated heterocycles.